The van der Waals surface area contributed by atoms with Gasteiger partial charge in [0, 0.05) is 6.04 Å². The quantitative estimate of drug-likeness (QED) is 0.695. The zero-order valence-electron chi connectivity index (χ0n) is 12.0. The summed E-state index contributed by atoms with van der Waals surface area (Å²) in [4.78, 5) is 35.4. The molecule has 1 atom stereocenters. The Hall–Kier alpha value is -1.79. The highest BCUT2D eigenvalue weighted by Gasteiger charge is 2.28. The van der Waals surface area contributed by atoms with Crippen molar-refractivity contribution in [2.75, 3.05) is 13.7 Å². The topological polar surface area (TPSA) is 95.9 Å². The normalized spacial score (nSPS) is 12.2. The summed E-state index contributed by atoms with van der Waals surface area (Å²) in [7, 11) is 1.24. The maximum atomic E-state index is 12.0. The predicted octanol–water partition coefficient (Wildman–Crippen LogP) is 0.689. The van der Waals surface area contributed by atoms with E-state index in [1.807, 2.05) is 0 Å². The molecule has 110 valence electrons. The van der Waals surface area contributed by atoms with Gasteiger partial charge >= 0.3 is 18.0 Å². The molecule has 0 fully saturated rings. The van der Waals surface area contributed by atoms with Gasteiger partial charge in [0.1, 0.15) is 12.6 Å². The Morgan fingerprint density at radius 1 is 1.21 bits per heavy atom. The third-order valence-corrected chi connectivity index (χ3v) is 2.59. The Bertz CT molecular complexity index is 341. The Balaban J connectivity index is 4.85. The summed E-state index contributed by atoms with van der Waals surface area (Å²) in [6, 6.07) is -1.68. The number of esters is 1. The van der Waals surface area contributed by atoms with E-state index in [2.05, 4.69) is 10.1 Å². The highest BCUT2D eigenvalue weighted by molar-refractivity contribution is 5.85. The molecule has 7 nitrogen and oxygen atoms in total. The van der Waals surface area contributed by atoms with Crippen LogP contribution in [-0.4, -0.2) is 53.7 Å². The molecule has 0 radical (unpaired) electrons. The number of ether oxygens (including phenoxy) is 1. The molecule has 0 aliphatic rings. The summed E-state index contributed by atoms with van der Waals surface area (Å²) < 4.78 is 4.61. The summed E-state index contributed by atoms with van der Waals surface area (Å²) in [6.07, 6.45) is 0. The molecule has 1 unspecified atom stereocenters. The number of carbonyl (C=O) groups is 3. The van der Waals surface area contributed by atoms with Crippen molar-refractivity contribution in [3.63, 3.8) is 0 Å². The first-order valence-corrected chi connectivity index (χ1v) is 6.07. The van der Waals surface area contributed by atoms with Crippen LogP contribution in [0.25, 0.3) is 0 Å². The molecule has 0 saturated carbocycles. The van der Waals surface area contributed by atoms with Crippen LogP contribution in [0, 0.1) is 5.92 Å². The minimum Gasteiger partial charge on any atom is -0.480 e. The highest BCUT2D eigenvalue weighted by Crippen LogP contribution is 2.06. The van der Waals surface area contributed by atoms with E-state index in [9.17, 15) is 14.4 Å². The minimum absolute atomic E-state index is 0.157. The van der Waals surface area contributed by atoms with Gasteiger partial charge in [0.2, 0.25) is 0 Å². The number of amides is 2. The number of rotatable bonds is 6. The Labute approximate surface area is 112 Å². The summed E-state index contributed by atoms with van der Waals surface area (Å²) >= 11 is 0. The second-order valence-electron chi connectivity index (χ2n) is 4.81. The van der Waals surface area contributed by atoms with E-state index >= 15 is 0 Å². The van der Waals surface area contributed by atoms with E-state index in [-0.39, 0.29) is 12.0 Å². The number of hydrogen-bond acceptors (Lipinski definition) is 4. The second kappa shape index (κ2) is 7.60. The van der Waals surface area contributed by atoms with E-state index in [4.69, 9.17) is 5.11 Å². The largest absolute Gasteiger partial charge is 0.480 e. The molecular formula is C12H22N2O5. The van der Waals surface area contributed by atoms with E-state index in [1.165, 1.54) is 7.11 Å². The fraction of sp³-hybridized carbons (Fsp3) is 0.750. The van der Waals surface area contributed by atoms with E-state index < -0.39 is 30.6 Å². The van der Waals surface area contributed by atoms with Gasteiger partial charge in [-0.2, -0.15) is 0 Å². The van der Waals surface area contributed by atoms with Crippen molar-refractivity contribution in [3.8, 4) is 0 Å². The molecule has 0 spiro atoms. The van der Waals surface area contributed by atoms with Crippen LogP contribution >= 0.6 is 0 Å². The van der Waals surface area contributed by atoms with Crippen molar-refractivity contribution in [3.05, 3.63) is 0 Å². The van der Waals surface area contributed by atoms with Crippen LogP contribution in [0.5, 0.6) is 0 Å². The van der Waals surface area contributed by atoms with Crippen molar-refractivity contribution >= 4 is 18.0 Å². The lowest BCUT2D eigenvalue weighted by Gasteiger charge is -2.28. The van der Waals surface area contributed by atoms with Gasteiger partial charge in [-0.05, 0) is 19.8 Å². The fourth-order valence-electron chi connectivity index (χ4n) is 1.48. The number of methoxy groups -OCH3 is 1. The number of urea groups is 1. The summed E-state index contributed by atoms with van der Waals surface area (Å²) in [5, 5.41) is 11.3. The van der Waals surface area contributed by atoms with Crippen LogP contribution < -0.4 is 5.32 Å². The van der Waals surface area contributed by atoms with Crippen molar-refractivity contribution in [1.82, 2.24) is 10.2 Å². The fourth-order valence-corrected chi connectivity index (χ4v) is 1.48. The first-order valence-electron chi connectivity index (χ1n) is 6.07. The second-order valence-corrected chi connectivity index (χ2v) is 4.81. The smallest absolute Gasteiger partial charge is 0.328 e. The van der Waals surface area contributed by atoms with Gasteiger partial charge in [-0.3, -0.25) is 4.79 Å². The maximum absolute atomic E-state index is 12.0. The van der Waals surface area contributed by atoms with Gasteiger partial charge in [0.05, 0.1) is 7.11 Å². The summed E-state index contributed by atoms with van der Waals surface area (Å²) in [6.45, 7) is 6.50. The Morgan fingerprint density at radius 3 is 2.05 bits per heavy atom. The molecule has 0 aromatic carbocycles. The molecule has 7 heteroatoms. The van der Waals surface area contributed by atoms with Crippen LogP contribution in [0.4, 0.5) is 4.79 Å². The van der Waals surface area contributed by atoms with Crippen molar-refractivity contribution in [1.29, 1.82) is 0 Å². The number of nitrogens with zero attached hydrogens (tertiary/aromatic N) is 1. The SMILES string of the molecule is COC(=O)C(NC(=O)N(CC(=O)O)C(C)C)C(C)C. The van der Waals surface area contributed by atoms with Gasteiger partial charge in [-0.1, -0.05) is 13.8 Å². The number of hydrogen-bond donors (Lipinski definition) is 2. The molecule has 2 amide bonds. The Morgan fingerprint density at radius 2 is 1.74 bits per heavy atom. The minimum atomic E-state index is -1.11. The number of carboxylic acid groups (broad SMARTS) is 1. The number of carboxylic acids is 1. The van der Waals surface area contributed by atoms with Crippen LogP contribution in [0.15, 0.2) is 0 Å². The molecule has 0 bridgehead atoms. The molecule has 0 aliphatic heterocycles. The molecule has 19 heavy (non-hydrogen) atoms. The number of carbonyl (C=O) groups excluding carboxylic acids is 2. The third kappa shape index (κ3) is 5.58. The standard InChI is InChI=1S/C12H22N2O5/c1-7(2)10(11(17)19-5)13-12(18)14(8(3)4)6-9(15)16/h7-8,10H,6H2,1-5H3,(H,13,18)(H,15,16). The molecule has 0 aromatic rings. The summed E-state index contributed by atoms with van der Waals surface area (Å²) in [5.74, 6) is -1.82. The lowest BCUT2D eigenvalue weighted by molar-refractivity contribution is -0.144. The van der Waals surface area contributed by atoms with Gasteiger partial charge in [0.15, 0.2) is 0 Å². The predicted molar refractivity (Wildman–Crippen MR) is 68.7 cm³/mol. The monoisotopic (exact) mass is 274 g/mol. The lowest BCUT2D eigenvalue weighted by atomic mass is 10.1. The van der Waals surface area contributed by atoms with E-state index in [0.717, 1.165) is 4.90 Å². The van der Waals surface area contributed by atoms with Gasteiger partial charge < -0.3 is 20.1 Å². The molecule has 0 heterocycles. The van der Waals surface area contributed by atoms with Gasteiger partial charge in [-0.25, -0.2) is 9.59 Å². The molecule has 2 N–H and O–H groups in total. The molecular weight excluding hydrogens is 252 g/mol. The van der Waals surface area contributed by atoms with Gasteiger partial charge in [-0.15, -0.1) is 0 Å². The average molecular weight is 274 g/mol. The summed E-state index contributed by atoms with van der Waals surface area (Å²) in [5.41, 5.74) is 0. The van der Waals surface area contributed by atoms with Crippen LogP contribution in [-0.2, 0) is 14.3 Å². The highest BCUT2D eigenvalue weighted by atomic mass is 16.5. The van der Waals surface area contributed by atoms with Crippen molar-refractivity contribution in [2.45, 2.75) is 39.8 Å². The molecule has 0 aromatic heterocycles. The van der Waals surface area contributed by atoms with E-state index in [1.54, 1.807) is 27.7 Å². The first kappa shape index (κ1) is 17.2. The van der Waals surface area contributed by atoms with Gasteiger partial charge in [0.25, 0.3) is 0 Å². The van der Waals surface area contributed by atoms with E-state index in [0.29, 0.717) is 0 Å². The zero-order valence-corrected chi connectivity index (χ0v) is 12.0. The van der Waals surface area contributed by atoms with Crippen molar-refractivity contribution < 1.29 is 24.2 Å². The average Bonchev–Trinajstić information content (AvgIpc) is 2.30. The van der Waals surface area contributed by atoms with Crippen LogP contribution in [0.1, 0.15) is 27.7 Å². The zero-order chi connectivity index (χ0) is 15.2. The lowest BCUT2D eigenvalue weighted by Crippen LogP contribution is -2.53. The Kier molecular flexibility index (Phi) is 6.89. The number of nitrogens with one attached hydrogen (secondary N) is 1. The third-order valence-electron chi connectivity index (χ3n) is 2.59. The van der Waals surface area contributed by atoms with Crippen LogP contribution in [0.2, 0.25) is 0 Å². The van der Waals surface area contributed by atoms with Crippen LogP contribution in [0.3, 0.4) is 0 Å². The number of aliphatic carboxylic acids is 1. The van der Waals surface area contributed by atoms with Crippen molar-refractivity contribution in [2.24, 2.45) is 5.92 Å². The molecule has 0 saturated heterocycles. The maximum Gasteiger partial charge on any atom is 0.328 e. The molecule has 0 rings (SSSR count). The first-order chi connectivity index (χ1) is 8.70. The molecule has 0 aliphatic carbocycles.